The van der Waals surface area contributed by atoms with Gasteiger partial charge in [-0.25, -0.2) is 0 Å². The van der Waals surface area contributed by atoms with Gasteiger partial charge in [-0.3, -0.25) is 5.73 Å². The SMILES string of the molecule is [NH]CCc1cccc(O)c1. The Hall–Kier alpha value is -1.02. The fraction of sp³-hybridized carbons (Fsp3) is 0.250. The van der Waals surface area contributed by atoms with E-state index in [9.17, 15) is 0 Å². The van der Waals surface area contributed by atoms with Gasteiger partial charge in [0.2, 0.25) is 0 Å². The zero-order valence-electron chi connectivity index (χ0n) is 5.67. The highest BCUT2D eigenvalue weighted by Gasteiger charge is 1.91. The Morgan fingerprint density at radius 2 is 2.20 bits per heavy atom. The molecule has 0 aromatic heterocycles. The molecule has 0 aliphatic heterocycles. The van der Waals surface area contributed by atoms with Gasteiger partial charge in [0.1, 0.15) is 5.75 Å². The minimum absolute atomic E-state index is 0.283. The lowest BCUT2D eigenvalue weighted by Gasteiger charge is -1.96. The van der Waals surface area contributed by atoms with Crippen molar-refractivity contribution in [1.29, 1.82) is 0 Å². The van der Waals surface area contributed by atoms with Gasteiger partial charge in [0, 0.05) is 6.54 Å². The first-order valence-electron chi connectivity index (χ1n) is 3.25. The van der Waals surface area contributed by atoms with Crippen molar-refractivity contribution in [3.05, 3.63) is 29.8 Å². The summed E-state index contributed by atoms with van der Waals surface area (Å²) in [6.45, 7) is 0.378. The summed E-state index contributed by atoms with van der Waals surface area (Å²) < 4.78 is 0. The van der Waals surface area contributed by atoms with Crippen LogP contribution in [0.4, 0.5) is 0 Å². The van der Waals surface area contributed by atoms with Crippen LogP contribution in [0.3, 0.4) is 0 Å². The molecule has 2 N–H and O–H groups in total. The van der Waals surface area contributed by atoms with E-state index in [1.165, 1.54) is 0 Å². The van der Waals surface area contributed by atoms with Crippen molar-refractivity contribution in [2.45, 2.75) is 6.42 Å². The Labute approximate surface area is 60.3 Å². The van der Waals surface area contributed by atoms with Gasteiger partial charge < -0.3 is 5.11 Å². The smallest absolute Gasteiger partial charge is 0.115 e. The molecule has 0 saturated heterocycles. The largest absolute Gasteiger partial charge is 0.508 e. The molecule has 0 amide bonds. The van der Waals surface area contributed by atoms with Gasteiger partial charge in [0.15, 0.2) is 0 Å². The maximum Gasteiger partial charge on any atom is 0.115 e. The quantitative estimate of drug-likeness (QED) is 0.652. The summed E-state index contributed by atoms with van der Waals surface area (Å²) >= 11 is 0. The first kappa shape index (κ1) is 7.09. The second kappa shape index (κ2) is 3.22. The number of phenols is 1. The van der Waals surface area contributed by atoms with Crippen LogP contribution in [0.2, 0.25) is 0 Å². The fourth-order valence-electron chi connectivity index (χ4n) is 0.856. The summed E-state index contributed by atoms with van der Waals surface area (Å²) in [6, 6.07) is 7.02. The van der Waals surface area contributed by atoms with Crippen LogP contribution < -0.4 is 5.73 Å². The number of hydrogen-bond acceptors (Lipinski definition) is 1. The van der Waals surface area contributed by atoms with Crippen LogP contribution in [0.15, 0.2) is 24.3 Å². The maximum atomic E-state index is 8.98. The van der Waals surface area contributed by atoms with Crippen molar-refractivity contribution in [2.24, 2.45) is 0 Å². The first-order chi connectivity index (χ1) is 4.83. The molecule has 53 valence electrons. The molecule has 0 spiro atoms. The minimum atomic E-state index is 0.283. The monoisotopic (exact) mass is 136 g/mol. The Morgan fingerprint density at radius 1 is 1.40 bits per heavy atom. The van der Waals surface area contributed by atoms with Gasteiger partial charge in [0.25, 0.3) is 0 Å². The normalized spacial score (nSPS) is 9.70. The molecule has 0 atom stereocenters. The third kappa shape index (κ3) is 1.74. The molecule has 1 aromatic carbocycles. The van der Waals surface area contributed by atoms with Crippen molar-refractivity contribution in [3.63, 3.8) is 0 Å². The van der Waals surface area contributed by atoms with E-state index in [0.717, 1.165) is 5.56 Å². The van der Waals surface area contributed by atoms with Crippen LogP contribution in [0, 0.1) is 0 Å². The van der Waals surface area contributed by atoms with Gasteiger partial charge in [-0.1, -0.05) is 12.1 Å². The number of rotatable bonds is 2. The standard InChI is InChI=1S/C8H10NO/c9-5-4-7-2-1-3-8(10)6-7/h1-3,6,9-10H,4-5H2. The van der Waals surface area contributed by atoms with E-state index < -0.39 is 0 Å². The highest BCUT2D eigenvalue weighted by atomic mass is 16.3. The lowest BCUT2D eigenvalue weighted by Crippen LogP contribution is -1.90. The number of benzene rings is 1. The van der Waals surface area contributed by atoms with E-state index in [4.69, 9.17) is 10.8 Å². The highest BCUT2D eigenvalue weighted by molar-refractivity contribution is 5.27. The van der Waals surface area contributed by atoms with Gasteiger partial charge in [-0.05, 0) is 24.1 Å². The van der Waals surface area contributed by atoms with Gasteiger partial charge in [-0.2, -0.15) is 0 Å². The number of hydrogen-bond donors (Lipinski definition) is 1. The highest BCUT2D eigenvalue weighted by Crippen LogP contribution is 2.10. The molecule has 0 bridgehead atoms. The summed E-state index contributed by atoms with van der Waals surface area (Å²) in [6.07, 6.45) is 0.717. The lowest BCUT2D eigenvalue weighted by atomic mass is 10.1. The molecule has 0 heterocycles. The molecule has 0 fully saturated rings. The molecule has 2 heteroatoms. The Kier molecular flexibility index (Phi) is 2.29. The van der Waals surface area contributed by atoms with Crippen LogP contribution in [0.25, 0.3) is 0 Å². The topological polar surface area (TPSA) is 44.0 Å². The van der Waals surface area contributed by atoms with E-state index >= 15 is 0 Å². The predicted octanol–water partition coefficient (Wildman–Crippen LogP) is 1.22. The predicted molar refractivity (Wildman–Crippen MR) is 39.8 cm³/mol. The number of aromatic hydroxyl groups is 1. The summed E-state index contributed by atoms with van der Waals surface area (Å²) in [5, 5.41) is 8.98. The van der Waals surface area contributed by atoms with Crippen molar-refractivity contribution >= 4 is 0 Å². The van der Waals surface area contributed by atoms with E-state index in [2.05, 4.69) is 0 Å². The van der Waals surface area contributed by atoms with Crippen LogP contribution in [0.5, 0.6) is 5.75 Å². The van der Waals surface area contributed by atoms with Crippen LogP contribution in [0.1, 0.15) is 5.56 Å². The summed E-state index contributed by atoms with van der Waals surface area (Å²) in [5.74, 6) is 0.283. The fourth-order valence-corrected chi connectivity index (χ4v) is 0.856. The van der Waals surface area contributed by atoms with E-state index in [1.807, 2.05) is 6.07 Å². The molecular weight excluding hydrogens is 126 g/mol. The number of nitrogens with one attached hydrogen (secondary N) is 1. The van der Waals surface area contributed by atoms with Crippen LogP contribution in [-0.2, 0) is 6.42 Å². The molecule has 0 aliphatic carbocycles. The third-order valence-electron chi connectivity index (χ3n) is 1.32. The third-order valence-corrected chi connectivity index (χ3v) is 1.32. The zero-order chi connectivity index (χ0) is 7.40. The molecule has 1 rings (SSSR count). The van der Waals surface area contributed by atoms with Crippen molar-refractivity contribution < 1.29 is 5.11 Å². The average molecular weight is 136 g/mol. The molecular formula is C8H10NO. The second-order valence-electron chi connectivity index (χ2n) is 2.17. The van der Waals surface area contributed by atoms with Crippen molar-refractivity contribution in [2.75, 3.05) is 6.54 Å². The molecule has 10 heavy (non-hydrogen) atoms. The zero-order valence-corrected chi connectivity index (χ0v) is 5.67. The molecule has 2 nitrogen and oxygen atoms in total. The Balaban J connectivity index is 2.75. The second-order valence-corrected chi connectivity index (χ2v) is 2.17. The van der Waals surface area contributed by atoms with Crippen LogP contribution in [-0.4, -0.2) is 11.7 Å². The van der Waals surface area contributed by atoms with Crippen molar-refractivity contribution in [3.8, 4) is 5.75 Å². The van der Waals surface area contributed by atoms with Crippen molar-refractivity contribution in [1.82, 2.24) is 5.73 Å². The number of phenolic OH excluding ortho intramolecular Hbond substituents is 1. The molecule has 1 aromatic rings. The molecule has 0 aliphatic rings. The maximum absolute atomic E-state index is 8.98. The Bertz CT molecular complexity index is 210. The summed E-state index contributed by atoms with van der Waals surface area (Å²) in [7, 11) is 0. The van der Waals surface area contributed by atoms with E-state index in [-0.39, 0.29) is 5.75 Å². The molecule has 0 unspecified atom stereocenters. The minimum Gasteiger partial charge on any atom is -0.508 e. The van der Waals surface area contributed by atoms with E-state index in [1.54, 1.807) is 18.2 Å². The summed E-state index contributed by atoms with van der Waals surface area (Å²) in [4.78, 5) is 0. The van der Waals surface area contributed by atoms with Gasteiger partial charge in [0.05, 0.1) is 0 Å². The summed E-state index contributed by atoms with van der Waals surface area (Å²) in [5.41, 5.74) is 7.95. The van der Waals surface area contributed by atoms with Gasteiger partial charge >= 0.3 is 0 Å². The average Bonchev–Trinajstić information content (AvgIpc) is 1.88. The van der Waals surface area contributed by atoms with Crippen LogP contribution >= 0.6 is 0 Å². The lowest BCUT2D eigenvalue weighted by molar-refractivity contribution is 0.474. The Morgan fingerprint density at radius 3 is 2.80 bits per heavy atom. The van der Waals surface area contributed by atoms with E-state index in [0.29, 0.717) is 13.0 Å². The first-order valence-corrected chi connectivity index (χ1v) is 3.25. The molecule has 1 radical (unpaired) electrons. The van der Waals surface area contributed by atoms with Gasteiger partial charge in [-0.15, -0.1) is 0 Å². The molecule has 0 saturated carbocycles.